The van der Waals surface area contributed by atoms with Crippen molar-refractivity contribution in [3.05, 3.63) is 33.0 Å². The molecule has 2 N–H and O–H groups in total. The van der Waals surface area contributed by atoms with Crippen LogP contribution in [0.2, 0.25) is 0 Å². The molecule has 0 aliphatic heterocycles. The Morgan fingerprint density at radius 3 is 2.50 bits per heavy atom. The first-order chi connectivity index (χ1) is 7.50. The van der Waals surface area contributed by atoms with E-state index in [0.717, 1.165) is 22.0 Å². The minimum Gasteiger partial charge on any atom is -0.318 e. The second-order valence-corrected chi connectivity index (χ2v) is 5.26. The molecule has 2 rings (SSSR count). The van der Waals surface area contributed by atoms with Crippen molar-refractivity contribution >= 4 is 11.3 Å². The van der Waals surface area contributed by atoms with Crippen LogP contribution in [0.5, 0.6) is 0 Å². The minimum atomic E-state index is -0.160. The SMILES string of the molecule is Cc1cnc(C(N)c2c(C)nn(C)c2C)s1. The summed E-state index contributed by atoms with van der Waals surface area (Å²) in [4.78, 5) is 5.52. The molecule has 16 heavy (non-hydrogen) atoms. The standard InChI is InChI=1S/C11H16N4S/c1-6-5-13-11(16-6)10(12)9-7(2)14-15(4)8(9)3/h5,10H,12H2,1-4H3. The van der Waals surface area contributed by atoms with Crippen molar-refractivity contribution in [3.8, 4) is 0 Å². The van der Waals surface area contributed by atoms with Crippen LogP contribution < -0.4 is 5.73 Å². The van der Waals surface area contributed by atoms with E-state index in [4.69, 9.17) is 5.73 Å². The van der Waals surface area contributed by atoms with E-state index in [9.17, 15) is 0 Å². The van der Waals surface area contributed by atoms with E-state index in [-0.39, 0.29) is 6.04 Å². The van der Waals surface area contributed by atoms with Crippen molar-refractivity contribution in [2.24, 2.45) is 12.8 Å². The number of thiazole rings is 1. The van der Waals surface area contributed by atoms with Gasteiger partial charge in [0.25, 0.3) is 0 Å². The number of hydrogen-bond acceptors (Lipinski definition) is 4. The zero-order chi connectivity index (χ0) is 11.9. The molecule has 0 saturated carbocycles. The first-order valence-electron chi connectivity index (χ1n) is 5.18. The Hall–Kier alpha value is -1.20. The molecular weight excluding hydrogens is 220 g/mol. The number of rotatable bonds is 2. The summed E-state index contributed by atoms with van der Waals surface area (Å²) in [7, 11) is 1.94. The molecular formula is C11H16N4S. The van der Waals surface area contributed by atoms with Gasteiger partial charge in [-0.3, -0.25) is 4.68 Å². The lowest BCUT2D eigenvalue weighted by Gasteiger charge is -2.09. The van der Waals surface area contributed by atoms with E-state index >= 15 is 0 Å². The van der Waals surface area contributed by atoms with Gasteiger partial charge in [0.15, 0.2) is 0 Å². The van der Waals surface area contributed by atoms with E-state index in [1.165, 1.54) is 4.88 Å². The lowest BCUT2D eigenvalue weighted by Crippen LogP contribution is -2.13. The van der Waals surface area contributed by atoms with Gasteiger partial charge in [0.05, 0.1) is 11.7 Å². The highest BCUT2D eigenvalue weighted by Gasteiger charge is 2.20. The molecule has 0 saturated heterocycles. The molecule has 5 heteroatoms. The van der Waals surface area contributed by atoms with E-state index in [0.29, 0.717) is 0 Å². The topological polar surface area (TPSA) is 56.7 Å². The molecule has 86 valence electrons. The average Bonchev–Trinajstić information content (AvgIpc) is 2.73. The number of hydrogen-bond donors (Lipinski definition) is 1. The number of aryl methyl sites for hydroxylation is 3. The van der Waals surface area contributed by atoms with Gasteiger partial charge in [0, 0.05) is 29.4 Å². The molecule has 1 unspecified atom stereocenters. The number of nitrogens with zero attached hydrogens (tertiary/aromatic N) is 3. The Balaban J connectivity index is 2.44. The van der Waals surface area contributed by atoms with Crippen LogP contribution in [0.25, 0.3) is 0 Å². The van der Waals surface area contributed by atoms with E-state index in [1.807, 2.05) is 38.7 Å². The first kappa shape index (κ1) is 11.3. The second-order valence-electron chi connectivity index (χ2n) is 3.99. The van der Waals surface area contributed by atoms with Crippen LogP contribution in [-0.4, -0.2) is 14.8 Å². The van der Waals surface area contributed by atoms with Gasteiger partial charge in [-0.2, -0.15) is 5.10 Å². The molecule has 0 fully saturated rings. The second kappa shape index (κ2) is 3.99. The van der Waals surface area contributed by atoms with Gasteiger partial charge in [-0.05, 0) is 20.8 Å². The molecule has 2 heterocycles. The van der Waals surface area contributed by atoms with Crippen LogP contribution >= 0.6 is 11.3 Å². The Bertz CT molecular complexity index is 512. The molecule has 0 spiro atoms. The van der Waals surface area contributed by atoms with Gasteiger partial charge < -0.3 is 5.73 Å². The molecule has 0 aromatic carbocycles. The van der Waals surface area contributed by atoms with Crippen LogP contribution in [0.15, 0.2) is 6.20 Å². The Morgan fingerprint density at radius 1 is 1.38 bits per heavy atom. The van der Waals surface area contributed by atoms with Crippen molar-refractivity contribution in [1.29, 1.82) is 0 Å². The molecule has 2 aromatic heterocycles. The Kier molecular flexibility index (Phi) is 2.82. The first-order valence-corrected chi connectivity index (χ1v) is 6.00. The fourth-order valence-corrected chi connectivity index (χ4v) is 2.67. The predicted molar refractivity (Wildman–Crippen MR) is 65.6 cm³/mol. The summed E-state index contributed by atoms with van der Waals surface area (Å²) in [6.45, 7) is 6.06. The maximum Gasteiger partial charge on any atom is 0.114 e. The lowest BCUT2D eigenvalue weighted by atomic mass is 10.1. The average molecular weight is 236 g/mol. The fourth-order valence-electron chi connectivity index (χ4n) is 1.88. The summed E-state index contributed by atoms with van der Waals surface area (Å²) in [6.07, 6.45) is 1.86. The summed E-state index contributed by atoms with van der Waals surface area (Å²) in [5, 5.41) is 5.33. The van der Waals surface area contributed by atoms with Crippen molar-refractivity contribution in [2.75, 3.05) is 0 Å². The maximum absolute atomic E-state index is 6.24. The highest BCUT2D eigenvalue weighted by Crippen LogP contribution is 2.27. The third-order valence-corrected chi connectivity index (χ3v) is 3.78. The fraction of sp³-hybridized carbons (Fsp3) is 0.455. The summed E-state index contributed by atoms with van der Waals surface area (Å²) in [5.41, 5.74) is 9.43. The summed E-state index contributed by atoms with van der Waals surface area (Å²) in [5.74, 6) is 0. The van der Waals surface area contributed by atoms with Crippen molar-refractivity contribution in [2.45, 2.75) is 26.8 Å². The summed E-state index contributed by atoms with van der Waals surface area (Å²) in [6, 6.07) is -0.160. The molecule has 0 radical (unpaired) electrons. The third kappa shape index (κ3) is 1.76. The highest BCUT2D eigenvalue weighted by atomic mass is 32.1. The summed E-state index contributed by atoms with van der Waals surface area (Å²) < 4.78 is 1.87. The minimum absolute atomic E-state index is 0.160. The van der Waals surface area contributed by atoms with Crippen LogP contribution in [0, 0.1) is 20.8 Å². The van der Waals surface area contributed by atoms with Gasteiger partial charge in [-0.15, -0.1) is 11.3 Å². The number of nitrogens with two attached hydrogens (primary N) is 1. The normalized spacial score (nSPS) is 13.1. The van der Waals surface area contributed by atoms with Crippen molar-refractivity contribution in [3.63, 3.8) is 0 Å². The van der Waals surface area contributed by atoms with Crippen LogP contribution in [0.4, 0.5) is 0 Å². The van der Waals surface area contributed by atoms with Gasteiger partial charge >= 0.3 is 0 Å². The largest absolute Gasteiger partial charge is 0.318 e. The Labute approximate surface area is 99.1 Å². The zero-order valence-electron chi connectivity index (χ0n) is 9.98. The molecule has 4 nitrogen and oxygen atoms in total. The highest BCUT2D eigenvalue weighted by molar-refractivity contribution is 7.11. The van der Waals surface area contributed by atoms with Gasteiger partial charge in [-0.1, -0.05) is 0 Å². The van der Waals surface area contributed by atoms with Gasteiger partial charge in [-0.25, -0.2) is 4.98 Å². The predicted octanol–water partition coefficient (Wildman–Crippen LogP) is 1.85. The summed E-state index contributed by atoms with van der Waals surface area (Å²) >= 11 is 1.64. The molecule has 1 atom stereocenters. The maximum atomic E-state index is 6.24. The van der Waals surface area contributed by atoms with Crippen molar-refractivity contribution in [1.82, 2.24) is 14.8 Å². The van der Waals surface area contributed by atoms with Gasteiger partial charge in [0.1, 0.15) is 5.01 Å². The molecule has 0 aliphatic carbocycles. The smallest absolute Gasteiger partial charge is 0.114 e. The van der Waals surface area contributed by atoms with Crippen LogP contribution in [0.3, 0.4) is 0 Å². The molecule has 2 aromatic rings. The lowest BCUT2D eigenvalue weighted by molar-refractivity contribution is 0.728. The van der Waals surface area contributed by atoms with Gasteiger partial charge in [0.2, 0.25) is 0 Å². The van der Waals surface area contributed by atoms with E-state index < -0.39 is 0 Å². The van der Waals surface area contributed by atoms with Crippen LogP contribution in [0.1, 0.15) is 32.9 Å². The van der Waals surface area contributed by atoms with Crippen molar-refractivity contribution < 1.29 is 0 Å². The third-order valence-electron chi connectivity index (χ3n) is 2.78. The Morgan fingerprint density at radius 2 is 2.06 bits per heavy atom. The monoisotopic (exact) mass is 236 g/mol. The zero-order valence-corrected chi connectivity index (χ0v) is 10.8. The van der Waals surface area contributed by atoms with Crippen LogP contribution in [-0.2, 0) is 7.05 Å². The quantitative estimate of drug-likeness (QED) is 0.865. The van der Waals surface area contributed by atoms with E-state index in [2.05, 4.69) is 10.1 Å². The molecule has 0 bridgehead atoms. The number of aromatic nitrogens is 3. The molecule has 0 amide bonds. The van der Waals surface area contributed by atoms with E-state index in [1.54, 1.807) is 11.3 Å². The molecule has 0 aliphatic rings.